The highest BCUT2D eigenvalue weighted by Crippen LogP contribution is 2.33. The van der Waals surface area contributed by atoms with Crippen molar-refractivity contribution in [3.63, 3.8) is 0 Å². The molecule has 2 heterocycles. The molecule has 2 aliphatic rings. The third-order valence-corrected chi connectivity index (χ3v) is 7.70. The lowest BCUT2D eigenvalue weighted by Crippen LogP contribution is -2.45. The van der Waals surface area contributed by atoms with Crippen molar-refractivity contribution >= 4 is 27.3 Å². The number of likely N-dealkylation sites (tertiary alicyclic amines) is 1. The van der Waals surface area contributed by atoms with Crippen molar-refractivity contribution in [3.05, 3.63) is 47.5 Å². The highest BCUT2D eigenvalue weighted by atomic mass is 32.2. The summed E-state index contributed by atoms with van der Waals surface area (Å²) in [5, 5.41) is 0. The topological polar surface area (TPSA) is 93.2 Å². The molecule has 9 heteroatoms. The molecule has 182 valence electrons. The minimum Gasteiger partial charge on any atom is -0.497 e. The molecule has 8 nitrogen and oxygen atoms in total. The quantitative estimate of drug-likeness (QED) is 0.645. The van der Waals surface area contributed by atoms with Gasteiger partial charge >= 0.3 is 0 Å². The second kappa shape index (κ2) is 9.66. The van der Waals surface area contributed by atoms with Crippen LogP contribution in [-0.2, 0) is 21.1 Å². The molecule has 2 amide bonds. The van der Waals surface area contributed by atoms with Crippen LogP contribution in [0.2, 0.25) is 0 Å². The normalized spacial score (nSPS) is 16.7. The molecule has 0 aromatic heterocycles. The molecule has 2 aromatic rings. The first-order valence-electron chi connectivity index (χ1n) is 11.4. The van der Waals surface area contributed by atoms with E-state index in [2.05, 4.69) is 0 Å². The van der Waals surface area contributed by atoms with Crippen LogP contribution in [0.5, 0.6) is 11.5 Å². The first kappa shape index (κ1) is 24.1. The van der Waals surface area contributed by atoms with Crippen molar-refractivity contribution in [1.82, 2.24) is 4.90 Å². The maximum atomic E-state index is 13.4. The van der Waals surface area contributed by atoms with Crippen molar-refractivity contribution in [2.75, 3.05) is 45.0 Å². The van der Waals surface area contributed by atoms with Crippen LogP contribution in [-0.4, -0.2) is 65.2 Å². The molecule has 0 bridgehead atoms. The third-order valence-electron chi connectivity index (χ3n) is 6.59. The molecule has 1 fully saturated rings. The molecule has 0 spiro atoms. The zero-order chi connectivity index (χ0) is 24.5. The van der Waals surface area contributed by atoms with Crippen LogP contribution in [0, 0.1) is 5.92 Å². The average molecular weight is 487 g/mol. The van der Waals surface area contributed by atoms with Crippen molar-refractivity contribution in [2.45, 2.75) is 30.6 Å². The summed E-state index contributed by atoms with van der Waals surface area (Å²) in [6.45, 7) is 1.60. The fraction of sp³-hybridized carbons (Fsp3) is 0.440. The van der Waals surface area contributed by atoms with Crippen LogP contribution < -0.4 is 14.4 Å². The van der Waals surface area contributed by atoms with E-state index in [4.69, 9.17) is 9.47 Å². The fourth-order valence-electron chi connectivity index (χ4n) is 4.70. The number of hydrogen-bond acceptors (Lipinski definition) is 6. The Bertz CT molecular complexity index is 1180. The Balaban J connectivity index is 1.44. The Morgan fingerprint density at radius 2 is 1.59 bits per heavy atom. The fourth-order valence-corrected chi connectivity index (χ4v) is 5.37. The Morgan fingerprint density at radius 1 is 0.941 bits per heavy atom. The predicted octanol–water partition coefficient (Wildman–Crippen LogP) is 2.94. The van der Waals surface area contributed by atoms with Gasteiger partial charge in [-0.2, -0.15) is 0 Å². The summed E-state index contributed by atoms with van der Waals surface area (Å²) < 4.78 is 34.4. The Labute approximate surface area is 200 Å². The molecule has 0 aliphatic carbocycles. The first-order chi connectivity index (χ1) is 16.2. The standard InChI is InChI=1S/C25H30N2O6S/c1-32-20-13-19(14-21(16-20)33-2)24(28)26-11-8-17(9-12-26)25(29)27-10-4-5-18-15-22(34(3,30)31)6-7-23(18)27/h6-7,13-17H,4-5,8-12H2,1-3H3. The van der Waals surface area contributed by atoms with Gasteiger partial charge in [0.25, 0.3) is 5.91 Å². The molecule has 0 radical (unpaired) electrons. The summed E-state index contributed by atoms with van der Waals surface area (Å²) in [4.78, 5) is 30.3. The van der Waals surface area contributed by atoms with Gasteiger partial charge in [0.05, 0.1) is 19.1 Å². The number of piperidine rings is 1. The van der Waals surface area contributed by atoms with E-state index in [1.54, 1.807) is 60.4 Å². The van der Waals surface area contributed by atoms with Gasteiger partial charge in [0, 0.05) is 49.1 Å². The number of amides is 2. The molecule has 0 atom stereocenters. The van der Waals surface area contributed by atoms with E-state index in [-0.39, 0.29) is 22.6 Å². The lowest BCUT2D eigenvalue weighted by atomic mass is 9.92. The van der Waals surface area contributed by atoms with Gasteiger partial charge in [-0.15, -0.1) is 0 Å². The van der Waals surface area contributed by atoms with Crippen LogP contribution in [0.3, 0.4) is 0 Å². The number of sulfone groups is 1. The zero-order valence-corrected chi connectivity index (χ0v) is 20.6. The Kier molecular flexibility index (Phi) is 6.84. The Hall–Kier alpha value is -3.07. The number of carbonyl (C=O) groups is 2. The minimum atomic E-state index is -3.30. The number of methoxy groups -OCH3 is 2. The van der Waals surface area contributed by atoms with E-state index in [1.165, 1.54) is 6.26 Å². The molecule has 0 saturated carbocycles. The summed E-state index contributed by atoms with van der Waals surface area (Å²) in [5.74, 6) is 0.860. The van der Waals surface area contributed by atoms with Gasteiger partial charge in [0.15, 0.2) is 9.84 Å². The molecule has 0 unspecified atom stereocenters. The van der Waals surface area contributed by atoms with Gasteiger partial charge in [0.1, 0.15) is 11.5 Å². The molecule has 1 saturated heterocycles. The molecular formula is C25H30N2O6S. The largest absolute Gasteiger partial charge is 0.497 e. The lowest BCUT2D eigenvalue weighted by molar-refractivity contribution is -0.123. The molecule has 2 aromatic carbocycles. The van der Waals surface area contributed by atoms with E-state index in [9.17, 15) is 18.0 Å². The van der Waals surface area contributed by atoms with E-state index in [0.29, 0.717) is 49.5 Å². The monoisotopic (exact) mass is 486 g/mol. The second-order valence-electron chi connectivity index (χ2n) is 8.82. The van der Waals surface area contributed by atoms with Gasteiger partial charge in [-0.25, -0.2) is 8.42 Å². The smallest absolute Gasteiger partial charge is 0.254 e. The SMILES string of the molecule is COc1cc(OC)cc(C(=O)N2CCC(C(=O)N3CCCc4cc(S(C)(=O)=O)ccc43)CC2)c1. The summed E-state index contributed by atoms with van der Waals surface area (Å²) in [6.07, 6.45) is 3.90. The van der Waals surface area contributed by atoms with E-state index >= 15 is 0 Å². The average Bonchev–Trinajstić information content (AvgIpc) is 2.86. The number of hydrogen-bond donors (Lipinski definition) is 0. The van der Waals surface area contributed by atoms with Gasteiger partial charge in [-0.1, -0.05) is 0 Å². The van der Waals surface area contributed by atoms with Crippen LogP contribution in [0.4, 0.5) is 5.69 Å². The summed E-state index contributed by atoms with van der Waals surface area (Å²) in [7, 11) is -0.212. The number of rotatable bonds is 5. The number of anilines is 1. The number of ether oxygens (including phenoxy) is 2. The van der Waals surface area contributed by atoms with Crippen molar-refractivity contribution in [3.8, 4) is 11.5 Å². The highest BCUT2D eigenvalue weighted by Gasteiger charge is 2.33. The van der Waals surface area contributed by atoms with Gasteiger partial charge in [-0.3, -0.25) is 9.59 Å². The number of benzene rings is 2. The van der Waals surface area contributed by atoms with Crippen molar-refractivity contribution in [2.24, 2.45) is 5.92 Å². The van der Waals surface area contributed by atoms with E-state index in [1.807, 2.05) is 0 Å². The van der Waals surface area contributed by atoms with Gasteiger partial charge < -0.3 is 19.3 Å². The van der Waals surface area contributed by atoms with E-state index in [0.717, 1.165) is 24.1 Å². The highest BCUT2D eigenvalue weighted by molar-refractivity contribution is 7.90. The zero-order valence-electron chi connectivity index (χ0n) is 19.7. The number of nitrogens with zero attached hydrogens (tertiary/aromatic N) is 2. The van der Waals surface area contributed by atoms with Gasteiger partial charge in [0.2, 0.25) is 5.91 Å². The maximum Gasteiger partial charge on any atom is 0.254 e. The summed E-state index contributed by atoms with van der Waals surface area (Å²) in [6, 6.07) is 10.1. The van der Waals surface area contributed by atoms with Crippen molar-refractivity contribution < 1.29 is 27.5 Å². The number of fused-ring (bicyclic) bond motifs is 1. The summed E-state index contributed by atoms with van der Waals surface area (Å²) in [5.41, 5.74) is 2.18. The molecule has 34 heavy (non-hydrogen) atoms. The first-order valence-corrected chi connectivity index (χ1v) is 13.3. The number of aryl methyl sites for hydroxylation is 1. The Morgan fingerprint density at radius 3 is 2.18 bits per heavy atom. The third kappa shape index (κ3) is 4.89. The van der Waals surface area contributed by atoms with Crippen LogP contribution in [0.1, 0.15) is 35.2 Å². The second-order valence-corrected chi connectivity index (χ2v) is 10.8. The molecule has 4 rings (SSSR count). The van der Waals surface area contributed by atoms with Crippen LogP contribution in [0.25, 0.3) is 0 Å². The molecular weight excluding hydrogens is 456 g/mol. The predicted molar refractivity (Wildman–Crippen MR) is 128 cm³/mol. The van der Waals surface area contributed by atoms with E-state index < -0.39 is 9.84 Å². The molecule has 0 N–H and O–H groups in total. The number of carbonyl (C=O) groups excluding carboxylic acids is 2. The minimum absolute atomic E-state index is 0.0446. The molecule has 2 aliphatic heterocycles. The lowest BCUT2D eigenvalue weighted by Gasteiger charge is -2.36. The maximum absolute atomic E-state index is 13.4. The van der Waals surface area contributed by atoms with Gasteiger partial charge in [-0.05, 0) is 61.6 Å². The summed E-state index contributed by atoms with van der Waals surface area (Å²) >= 11 is 0. The van der Waals surface area contributed by atoms with Crippen LogP contribution in [0.15, 0.2) is 41.3 Å². The van der Waals surface area contributed by atoms with Crippen molar-refractivity contribution in [1.29, 1.82) is 0 Å². The van der Waals surface area contributed by atoms with Crippen LogP contribution >= 0.6 is 0 Å².